The van der Waals surface area contributed by atoms with E-state index in [-0.39, 0.29) is 21.2 Å². The SMILES string of the molecule is FP(F)(CP(F)(F)(c1ccccc1)c1ccccc1)(c1ccccc1)c1ccccc1. The second kappa shape index (κ2) is 7.55. The molecule has 0 amide bonds. The van der Waals surface area contributed by atoms with Crippen LogP contribution in [0.1, 0.15) is 0 Å². The van der Waals surface area contributed by atoms with Crippen LogP contribution in [-0.4, -0.2) is 5.90 Å². The first kappa shape index (κ1) is 21.7. The molecule has 0 nitrogen and oxygen atoms in total. The number of rotatable bonds is 6. The molecule has 4 aromatic carbocycles. The summed E-state index contributed by atoms with van der Waals surface area (Å²) in [4.78, 5) is 0. The Kier molecular flexibility index (Phi) is 5.28. The Hall–Kier alpha value is -2.54. The van der Waals surface area contributed by atoms with Gasteiger partial charge in [0.25, 0.3) is 0 Å². The summed E-state index contributed by atoms with van der Waals surface area (Å²) >= 11 is 0. The molecule has 0 saturated heterocycles. The zero-order chi connectivity index (χ0) is 22.1. The molecule has 160 valence electrons. The Morgan fingerprint density at radius 2 is 0.548 bits per heavy atom. The van der Waals surface area contributed by atoms with Gasteiger partial charge in [-0.3, -0.25) is 0 Å². The van der Waals surface area contributed by atoms with Crippen LogP contribution in [0.3, 0.4) is 0 Å². The summed E-state index contributed by atoms with van der Waals surface area (Å²) in [5.41, 5.74) is 0. The van der Waals surface area contributed by atoms with Crippen molar-refractivity contribution in [2.24, 2.45) is 0 Å². The van der Waals surface area contributed by atoms with Crippen LogP contribution in [0.2, 0.25) is 0 Å². The molecule has 0 atom stereocenters. The Balaban J connectivity index is 2.05. The summed E-state index contributed by atoms with van der Waals surface area (Å²) in [6.45, 7) is 0. The van der Waals surface area contributed by atoms with Gasteiger partial charge in [0.2, 0.25) is 0 Å². The average Bonchev–Trinajstić information content (AvgIpc) is 2.81. The van der Waals surface area contributed by atoms with Crippen molar-refractivity contribution < 1.29 is 16.8 Å². The van der Waals surface area contributed by atoms with E-state index < -0.39 is 20.4 Å². The van der Waals surface area contributed by atoms with Crippen molar-refractivity contribution in [3.05, 3.63) is 121 Å². The van der Waals surface area contributed by atoms with Crippen LogP contribution in [0, 0.1) is 0 Å². The molecule has 0 bridgehead atoms. The Bertz CT molecular complexity index is 983. The molecule has 6 heteroatoms. The minimum atomic E-state index is -6.28. The summed E-state index contributed by atoms with van der Waals surface area (Å²) in [6, 6.07) is 28.5. The molecule has 0 aliphatic rings. The van der Waals surface area contributed by atoms with Crippen molar-refractivity contribution in [1.82, 2.24) is 0 Å². The zero-order valence-electron chi connectivity index (χ0n) is 16.7. The van der Waals surface area contributed by atoms with Gasteiger partial charge in [-0.05, 0) is 0 Å². The van der Waals surface area contributed by atoms with E-state index in [1.165, 1.54) is 97.1 Å². The van der Waals surface area contributed by atoms with E-state index in [2.05, 4.69) is 0 Å². The first-order chi connectivity index (χ1) is 14.7. The maximum atomic E-state index is 17.1. The van der Waals surface area contributed by atoms with Crippen molar-refractivity contribution in [1.29, 1.82) is 0 Å². The molecular formula is C25H22F4P2. The predicted octanol–water partition coefficient (Wildman–Crippen LogP) is 6.89. The van der Waals surface area contributed by atoms with Gasteiger partial charge in [0, 0.05) is 0 Å². The van der Waals surface area contributed by atoms with Crippen LogP contribution in [0.4, 0.5) is 16.8 Å². The third-order valence-corrected chi connectivity index (χ3v) is 14.8. The third kappa shape index (κ3) is 3.69. The molecule has 0 spiro atoms. The van der Waals surface area contributed by atoms with Crippen molar-refractivity contribution >= 4 is 35.7 Å². The fourth-order valence-corrected chi connectivity index (χ4v) is 13.7. The standard InChI is InChI=1S/C25H22F4P2/c26-30(27,22-13-5-1-6-14-22,23-15-7-2-8-16-23)21-31(28,29,24-17-9-3-10-18-24)25-19-11-4-12-20-25/h1-20H,21H2. The monoisotopic (exact) mass is 460 g/mol. The summed E-state index contributed by atoms with van der Waals surface area (Å²) in [7, 11) is -12.6. The van der Waals surface area contributed by atoms with E-state index in [0.29, 0.717) is 0 Å². The fraction of sp³-hybridized carbons (Fsp3) is 0.0400. The molecule has 0 aliphatic carbocycles. The van der Waals surface area contributed by atoms with Crippen molar-refractivity contribution in [3.63, 3.8) is 0 Å². The van der Waals surface area contributed by atoms with Gasteiger partial charge in [-0.1, -0.05) is 0 Å². The normalized spacial score (nSPS) is 14.7. The van der Waals surface area contributed by atoms with Gasteiger partial charge in [-0.2, -0.15) is 0 Å². The fourth-order valence-electron chi connectivity index (χ4n) is 3.94. The average molecular weight is 460 g/mol. The second-order valence-corrected chi connectivity index (χ2v) is 15.1. The summed E-state index contributed by atoms with van der Waals surface area (Å²) in [6.07, 6.45) is 0. The van der Waals surface area contributed by atoms with Gasteiger partial charge in [0.15, 0.2) is 0 Å². The van der Waals surface area contributed by atoms with Crippen LogP contribution < -0.4 is 21.2 Å². The van der Waals surface area contributed by atoms with Gasteiger partial charge in [0.05, 0.1) is 0 Å². The van der Waals surface area contributed by atoms with E-state index in [1.54, 1.807) is 24.3 Å². The topological polar surface area (TPSA) is 0 Å². The van der Waals surface area contributed by atoms with Gasteiger partial charge >= 0.3 is 180 Å². The van der Waals surface area contributed by atoms with Crippen molar-refractivity contribution in [3.8, 4) is 0 Å². The first-order valence-corrected chi connectivity index (χ1v) is 14.3. The third-order valence-electron chi connectivity index (χ3n) is 5.55. The van der Waals surface area contributed by atoms with E-state index in [0.717, 1.165) is 0 Å². The molecular weight excluding hydrogens is 438 g/mol. The maximum absolute atomic E-state index is 17.1. The molecule has 4 rings (SSSR count). The Morgan fingerprint density at radius 1 is 0.355 bits per heavy atom. The Morgan fingerprint density at radius 3 is 0.742 bits per heavy atom. The van der Waals surface area contributed by atoms with Crippen LogP contribution in [-0.2, 0) is 0 Å². The molecule has 0 heterocycles. The molecule has 0 unspecified atom stereocenters. The van der Waals surface area contributed by atoms with Crippen molar-refractivity contribution in [2.75, 3.05) is 5.90 Å². The van der Waals surface area contributed by atoms with E-state index in [1.807, 2.05) is 0 Å². The quantitative estimate of drug-likeness (QED) is 0.217. The van der Waals surface area contributed by atoms with Gasteiger partial charge in [-0.15, -0.1) is 0 Å². The van der Waals surface area contributed by atoms with Crippen LogP contribution in [0.15, 0.2) is 121 Å². The van der Waals surface area contributed by atoms with Crippen LogP contribution in [0.5, 0.6) is 0 Å². The molecule has 0 saturated carbocycles. The van der Waals surface area contributed by atoms with Crippen LogP contribution >= 0.6 is 14.4 Å². The van der Waals surface area contributed by atoms with Crippen LogP contribution in [0.25, 0.3) is 0 Å². The zero-order valence-corrected chi connectivity index (χ0v) is 18.4. The molecule has 0 fully saturated rings. The number of halogens is 4. The van der Waals surface area contributed by atoms with Gasteiger partial charge < -0.3 is 0 Å². The van der Waals surface area contributed by atoms with E-state index in [9.17, 15) is 0 Å². The number of benzene rings is 4. The molecule has 31 heavy (non-hydrogen) atoms. The summed E-state index contributed by atoms with van der Waals surface area (Å²) in [5.74, 6) is -1.50. The van der Waals surface area contributed by atoms with Gasteiger partial charge in [0.1, 0.15) is 0 Å². The van der Waals surface area contributed by atoms with E-state index in [4.69, 9.17) is 0 Å². The minimum absolute atomic E-state index is 0.323. The van der Waals surface area contributed by atoms with E-state index >= 15 is 16.8 Å². The number of hydrogen-bond donors (Lipinski definition) is 0. The summed E-state index contributed by atoms with van der Waals surface area (Å²) in [5, 5.41) is -1.29. The molecule has 0 aromatic heterocycles. The molecule has 0 aliphatic heterocycles. The predicted molar refractivity (Wildman–Crippen MR) is 127 cm³/mol. The molecule has 4 aromatic rings. The molecule has 0 radical (unpaired) electrons. The Labute approximate surface area is 179 Å². The number of hydrogen-bond acceptors (Lipinski definition) is 0. The second-order valence-electron chi connectivity index (χ2n) is 7.62. The van der Waals surface area contributed by atoms with Gasteiger partial charge in [-0.25, -0.2) is 0 Å². The first-order valence-electron chi connectivity index (χ1n) is 9.85. The van der Waals surface area contributed by atoms with Crippen molar-refractivity contribution in [2.45, 2.75) is 0 Å². The molecule has 0 N–H and O–H groups in total. The summed E-state index contributed by atoms with van der Waals surface area (Å²) < 4.78 is 68.3.